The Balaban J connectivity index is 4.03. The predicted octanol–water partition coefficient (Wildman–Crippen LogP) is 0.308. The smallest absolute Gasteiger partial charge is 0.417 e. The van der Waals surface area contributed by atoms with Gasteiger partial charge in [-0.05, 0) is 13.8 Å². The van der Waals surface area contributed by atoms with Crippen LogP contribution in [0.3, 0.4) is 0 Å². The minimum atomic E-state index is -1.30. The fraction of sp³-hybridized carbons (Fsp3) is 0.529. The first-order chi connectivity index (χ1) is 12.0. The lowest BCUT2D eigenvalue weighted by atomic mass is 10.2. The monoisotopic (exact) mass is 372 g/mol. The van der Waals surface area contributed by atoms with Gasteiger partial charge >= 0.3 is 23.9 Å². The highest BCUT2D eigenvalue weighted by Gasteiger charge is 2.21. The van der Waals surface area contributed by atoms with Gasteiger partial charge in [-0.3, -0.25) is 0 Å². The van der Waals surface area contributed by atoms with Gasteiger partial charge in [0.1, 0.15) is 19.3 Å². The summed E-state index contributed by atoms with van der Waals surface area (Å²) in [5.41, 5.74) is 0.395. The predicted molar refractivity (Wildman–Crippen MR) is 88.6 cm³/mol. The second-order valence-electron chi connectivity index (χ2n) is 5.71. The Hall–Kier alpha value is -2.68. The van der Waals surface area contributed by atoms with Gasteiger partial charge < -0.3 is 24.1 Å². The van der Waals surface area contributed by atoms with Crippen LogP contribution in [0.5, 0.6) is 0 Å². The van der Waals surface area contributed by atoms with Crippen LogP contribution in [0.1, 0.15) is 20.8 Å². The molecule has 2 atom stereocenters. The average Bonchev–Trinajstić information content (AvgIpc) is 2.59. The van der Waals surface area contributed by atoms with Gasteiger partial charge in [-0.2, -0.15) is 0 Å². The number of hydrogen-bond acceptors (Lipinski definition) is 9. The third kappa shape index (κ3) is 10.2. The van der Waals surface area contributed by atoms with Gasteiger partial charge in [0.2, 0.25) is 0 Å². The van der Waals surface area contributed by atoms with Crippen molar-refractivity contribution in [2.24, 2.45) is 5.92 Å². The summed E-state index contributed by atoms with van der Waals surface area (Å²) in [5, 5.41) is 9.50. The largest absolute Gasteiger partial charge is 0.462 e. The molecule has 0 aliphatic heterocycles. The first kappa shape index (κ1) is 23.3. The molecule has 2 unspecified atom stereocenters. The van der Waals surface area contributed by atoms with E-state index in [2.05, 4.69) is 22.6 Å². The van der Waals surface area contributed by atoms with E-state index in [9.17, 15) is 24.3 Å². The van der Waals surface area contributed by atoms with Gasteiger partial charge in [-0.1, -0.05) is 20.1 Å². The zero-order chi connectivity index (χ0) is 20.3. The van der Waals surface area contributed by atoms with Crippen LogP contribution >= 0.6 is 0 Å². The number of aliphatic hydroxyl groups excluding tert-OH is 1. The molecule has 0 rings (SSSR count). The maximum atomic E-state index is 11.5. The lowest BCUT2D eigenvalue weighted by molar-refractivity contribution is -0.171. The van der Waals surface area contributed by atoms with E-state index in [0.29, 0.717) is 0 Å². The van der Waals surface area contributed by atoms with E-state index < -0.39 is 43.2 Å². The van der Waals surface area contributed by atoms with E-state index >= 15 is 0 Å². The number of hydrogen-bond donors (Lipinski definition) is 1. The first-order valence-corrected chi connectivity index (χ1v) is 7.71. The highest BCUT2D eigenvalue weighted by Crippen LogP contribution is 2.01. The van der Waals surface area contributed by atoms with E-state index in [1.54, 1.807) is 6.92 Å². The van der Waals surface area contributed by atoms with Crippen LogP contribution < -0.4 is 0 Å². The molecule has 146 valence electrons. The normalized spacial score (nSPS) is 12.3. The van der Waals surface area contributed by atoms with Crippen molar-refractivity contribution < 1.29 is 43.2 Å². The fourth-order valence-electron chi connectivity index (χ4n) is 1.24. The molecule has 26 heavy (non-hydrogen) atoms. The molecule has 9 nitrogen and oxygen atoms in total. The van der Waals surface area contributed by atoms with E-state index in [0.717, 1.165) is 0 Å². The van der Waals surface area contributed by atoms with Crippen molar-refractivity contribution in [3.63, 3.8) is 0 Å². The van der Waals surface area contributed by atoms with E-state index in [1.165, 1.54) is 13.8 Å². The van der Waals surface area contributed by atoms with Crippen LogP contribution in [0.4, 0.5) is 0 Å². The zero-order valence-electron chi connectivity index (χ0n) is 15.1. The molecule has 9 heteroatoms. The molecule has 0 amide bonds. The Morgan fingerprint density at radius 3 is 1.42 bits per heavy atom. The average molecular weight is 372 g/mol. The van der Waals surface area contributed by atoms with Crippen molar-refractivity contribution in [3.05, 3.63) is 24.3 Å². The van der Waals surface area contributed by atoms with Crippen molar-refractivity contribution in [1.29, 1.82) is 0 Å². The molecule has 0 aliphatic carbocycles. The molecule has 0 heterocycles. The highest BCUT2D eigenvalue weighted by atomic mass is 16.6. The molecule has 0 aromatic carbocycles. The molecular formula is C17H24O9. The minimum Gasteiger partial charge on any atom is -0.462 e. The van der Waals surface area contributed by atoms with Crippen LogP contribution in [0.25, 0.3) is 0 Å². The van der Waals surface area contributed by atoms with Gasteiger partial charge in [0.15, 0.2) is 0 Å². The Morgan fingerprint density at radius 1 is 0.731 bits per heavy atom. The van der Waals surface area contributed by atoms with Gasteiger partial charge in [0.05, 0.1) is 13.2 Å². The van der Waals surface area contributed by atoms with Crippen LogP contribution in [0.15, 0.2) is 24.3 Å². The van der Waals surface area contributed by atoms with Crippen LogP contribution in [0, 0.1) is 5.92 Å². The standard InChI is InChI=1S/C17H24O9/c1-10(2)14(19)23-6-12(5)7-24-16(21)17(22)26-9-13(18)8-25-15(20)11(3)4/h12-13,18H,1,3,6-9H2,2,4-5H3. The molecule has 0 spiro atoms. The van der Waals surface area contributed by atoms with Gasteiger partial charge in [-0.25, -0.2) is 19.2 Å². The summed E-state index contributed by atoms with van der Waals surface area (Å²) in [4.78, 5) is 45.2. The summed E-state index contributed by atoms with van der Waals surface area (Å²) in [6.07, 6.45) is -1.30. The SMILES string of the molecule is C=C(C)C(=O)OCC(C)COC(=O)C(=O)OCC(O)COC(=O)C(=C)C. The Labute approximate surface area is 151 Å². The Bertz CT molecular complexity index is 515. The van der Waals surface area contributed by atoms with Crippen molar-refractivity contribution in [3.8, 4) is 0 Å². The molecule has 0 radical (unpaired) electrons. The Morgan fingerprint density at radius 2 is 1.04 bits per heavy atom. The number of esters is 4. The molecule has 0 bridgehead atoms. The molecule has 0 saturated carbocycles. The second kappa shape index (κ2) is 11.8. The topological polar surface area (TPSA) is 125 Å². The summed E-state index contributed by atoms with van der Waals surface area (Å²) < 4.78 is 18.8. The van der Waals surface area contributed by atoms with Crippen molar-refractivity contribution in [2.75, 3.05) is 26.4 Å². The summed E-state index contributed by atoms with van der Waals surface area (Å²) in [6, 6.07) is 0. The van der Waals surface area contributed by atoms with Crippen molar-refractivity contribution in [2.45, 2.75) is 26.9 Å². The molecule has 1 N–H and O–H groups in total. The third-order valence-corrected chi connectivity index (χ3v) is 2.68. The lowest BCUT2D eigenvalue weighted by Crippen LogP contribution is -2.29. The summed E-state index contributed by atoms with van der Waals surface area (Å²) >= 11 is 0. The second-order valence-corrected chi connectivity index (χ2v) is 5.71. The fourth-order valence-corrected chi connectivity index (χ4v) is 1.24. The number of ether oxygens (including phenoxy) is 4. The number of carbonyl (C=O) groups is 4. The summed E-state index contributed by atoms with van der Waals surface area (Å²) in [7, 11) is 0. The molecule has 0 saturated heterocycles. The van der Waals surface area contributed by atoms with Crippen LogP contribution in [-0.4, -0.2) is 61.5 Å². The number of carbonyl (C=O) groups excluding carboxylic acids is 4. The quantitative estimate of drug-likeness (QED) is 0.249. The third-order valence-electron chi connectivity index (χ3n) is 2.68. The zero-order valence-corrected chi connectivity index (χ0v) is 15.1. The lowest BCUT2D eigenvalue weighted by Gasteiger charge is -2.13. The summed E-state index contributed by atoms with van der Waals surface area (Å²) in [6.45, 7) is 10.2. The maximum Gasteiger partial charge on any atom is 0.417 e. The minimum absolute atomic E-state index is 0.0131. The molecule has 0 aromatic rings. The number of rotatable bonds is 10. The highest BCUT2D eigenvalue weighted by molar-refractivity contribution is 6.29. The molecule has 0 fully saturated rings. The molecule has 0 aromatic heterocycles. The first-order valence-electron chi connectivity index (χ1n) is 7.71. The van der Waals surface area contributed by atoms with Gasteiger partial charge in [-0.15, -0.1) is 0 Å². The summed E-state index contributed by atoms with van der Waals surface area (Å²) in [5.74, 6) is -4.17. The van der Waals surface area contributed by atoms with E-state index in [1.807, 2.05) is 0 Å². The molecule has 0 aliphatic rings. The van der Waals surface area contributed by atoms with Crippen molar-refractivity contribution in [1.82, 2.24) is 0 Å². The van der Waals surface area contributed by atoms with Crippen molar-refractivity contribution >= 4 is 23.9 Å². The Kier molecular flexibility index (Phi) is 10.6. The van der Waals surface area contributed by atoms with Crippen LogP contribution in [0.2, 0.25) is 0 Å². The number of aliphatic hydroxyl groups is 1. The van der Waals surface area contributed by atoms with E-state index in [-0.39, 0.29) is 30.3 Å². The molecular weight excluding hydrogens is 348 g/mol. The van der Waals surface area contributed by atoms with E-state index in [4.69, 9.17) is 9.47 Å². The van der Waals surface area contributed by atoms with Gasteiger partial charge in [0, 0.05) is 17.1 Å². The van der Waals surface area contributed by atoms with Gasteiger partial charge in [0.25, 0.3) is 0 Å². The maximum absolute atomic E-state index is 11.5. The van der Waals surface area contributed by atoms with Crippen LogP contribution in [-0.2, 0) is 38.1 Å².